The fourth-order valence-electron chi connectivity index (χ4n) is 4.04. The lowest BCUT2D eigenvalue weighted by Crippen LogP contribution is -2.54. The van der Waals surface area contributed by atoms with E-state index in [1.165, 1.54) is 6.08 Å². The van der Waals surface area contributed by atoms with Crippen LogP contribution in [-0.4, -0.2) is 37.7 Å². The number of ether oxygens (including phenoxy) is 3. The molecule has 0 aliphatic carbocycles. The van der Waals surface area contributed by atoms with E-state index >= 15 is 0 Å². The zero-order valence-electron chi connectivity index (χ0n) is 21.5. The highest BCUT2D eigenvalue weighted by Gasteiger charge is 2.36. The van der Waals surface area contributed by atoms with Gasteiger partial charge in [0.15, 0.2) is 11.5 Å². The van der Waals surface area contributed by atoms with Gasteiger partial charge in [-0.15, -0.1) is 0 Å². The summed E-state index contributed by atoms with van der Waals surface area (Å²) >= 11 is 9.85. The third-order valence-corrected chi connectivity index (χ3v) is 6.43. The van der Waals surface area contributed by atoms with Crippen LogP contribution in [0.5, 0.6) is 17.2 Å². The molecule has 1 fully saturated rings. The molecule has 10 heteroatoms. The minimum absolute atomic E-state index is 0.207. The van der Waals surface area contributed by atoms with Crippen molar-refractivity contribution in [1.82, 2.24) is 5.32 Å². The number of nitrogens with zero attached hydrogens (tertiary/aromatic N) is 1. The fourth-order valence-corrected chi connectivity index (χ4v) is 4.58. The van der Waals surface area contributed by atoms with Gasteiger partial charge in [0.2, 0.25) is 0 Å². The van der Waals surface area contributed by atoms with Crippen LogP contribution >= 0.6 is 27.5 Å². The average molecular weight is 614 g/mol. The third-order valence-electron chi connectivity index (χ3n) is 5.62. The number of aryl methyl sites for hydroxylation is 2. The van der Waals surface area contributed by atoms with Gasteiger partial charge >= 0.3 is 6.03 Å². The van der Waals surface area contributed by atoms with Crippen molar-refractivity contribution >= 4 is 57.1 Å². The molecule has 1 saturated heterocycles. The van der Waals surface area contributed by atoms with Crippen molar-refractivity contribution in [3.05, 3.63) is 86.4 Å². The van der Waals surface area contributed by atoms with Crippen LogP contribution in [0.4, 0.5) is 10.5 Å². The van der Waals surface area contributed by atoms with Gasteiger partial charge in [-0.1, -0.05) is 33.6 Å². The minimum atomic E-state index is -0.829. The number of imide groups is 2. The van der Waals surface area contributed by atoms with Crippen LogP contribution in [0.2, 0.25) is 5.02 Å². The number of benzene rings is 3. The van der Waals surface area contributed by atoms with Gasteiger partial charge in [-0.2, -0.15) is 0 Å². The van der Waals surface area contributed by atoms with E-state index in [0.717, 1.165) is 26.2 Å². The van der Waals surface area contributed by atoms with E-state index in [4.69, 9.17) is 25.8 Å². The van der Waals surface area contributed by atoms with Crippen molar-refractivity contribution in [1.29, 1.82) is 0 Å². The number of urea groups is 1. The van der Waals surface area contributed by atoms with Crippen molar-refractivity contribution in [3.63, 3.8) is 0 Å². The second kappa shape index (κ2) is 12.4. The van der Waals surface area contributed by atoms with E-state index in [9.17, 15) is 14.4 Å². The van der Waals surface area contributed by atoms with Crippen molar-refractivity contribution < 1.29 is 28.6 Å². The standard InChI is InChI=1S/C29H26BrClN2O6/c1-4-37-25-16-19(15-24(31)26(25)39-10-9-38-22-12-17(2)11-18(3)13-22)14-23-27(34)32-29(36)33(28(23)35)21-7-5-20(30)6-8-21/h5-8,11-16H,4,9-10H2,1-3H3,(H,32,34,36)/b23-14+. The van der Waals surface area contributed by atoms with Crippen molar-refractivity contribution in [2.75, 3.05) is 24.7 Å². The van der Waals surface area contributed by atoms with Gasteiger partial charge in [-0.05, 0) is 92.1 Å². The van der Waals surface area contributed by atoms with Crippen molar-refractivity contribution in [3.8, 4) is 17.2 Å². The molecule has 0 aromatic heterocycles. The molecule has 1 aliphatic rings. The summed E-state index contributed by atoms with van der Waals surface area (Å²) in [4.78, 5) is 39.1. The maximum atomic E-state index is 13.2. The van der Waals surface area contributed by atoms with Gasteiger partial charge in [0.05, 0.1) is 17.3 Å². The molecule has 3 aromatic carbocycles. The number of anilines is 1. The van der Waals surface area contributed by atoms with Crippen LogP contribution in [0.15, 0.2) is 64.6 Å². The highest BCUT2D eigenvalue weighted by atomic mass is 79.9. The van der Waals surface area contributed by atoms with E-state index in [1.54, 1.807) is 36.4 Å². The summed E-state index contributed by atoms with van der Waals surface area (Å²) < 4.78 is 18.2. The quantitative estimate of drug-likeness (QED) is 0.174. The summed E-state index contributed by atoms with van der Waals surface area (Å²) in [6.45, 7) is 6.64. The number of hydrogen-bond donors (Lipinski definition) is 1. The summed E-state index contributed by atoms with van der Waals surface area (Å²) in [5, 5.41) is 2.43. The lowest BCUT2D eigenvalue weighted by molar-refractivity contribution is -0.122. The number of carbonyl (C=O) groups excluding carboxylic acids is 3. The number of hydrogen-bond acceptors (Lipinski definition) is 6. The van der Waals surface area contributed by atoms with E-state index in [1.807, 2.05) is 32.9 Å². The van der Waals surface area contributed by atoms with E-state index < -0.39 is 17.8 Å². The first-order valence-corrected chi connectivity index (χ1v) is 13.3. The average Bonchev–Trinajstić information content (AvgIpc) is 2.86. The Labute approximate surface area is 239 Å². The Balaban J connectivity index is 1.54. The maximum absolute atomic E-state index is 13.2. The zero-order valence-corrected chi connectivity index (χ0v) is 23.9. The molecule has 1 N–H and O–H groups in total. The Morgan fingerprint density at radius 3 is 2.26 bits per heavy atom. The Hall–Kier alpha value is -3.82. The van der Waals surface area contributed by atoms with Gasteiger partial charge in [0.1, 0.15) is 24.5 Å². The second-order valence-electron chi connectivity index (χ2n) is 8.72. The number of amides is 4. The SMILES string of the molecule is CCOc1cc(/C=C2\C(=O)NC(=O)N(c3ccc(Br)cc3)C2=O)cc(Cl)c1OCCOc1cc(C)cc(C)c1. The highest BCUT2D eigenvalue weighted by molar-refractivity contribution is 9.10. The molecule has 0 radical (unpaired) electrons. The number of rotatable bonds is 9. The van der Waals surface area contributed by atoms with E-state index in [2.05, 4.69) is 27.3 Å². The van der Waals surface area contributed by atoms with Gasteiger partial charge < -0.3 is 14.2 Å². The smallest absolute Gasteiger partial charge is 0.335 e. The van der Waals surface area contributed by atoms with Crippen LogP contribution in [0.1, 0.15) is 23.6 Å². The molecule has 0 spiro atoms. The van der Waals surface area contributed by atoms with Crippen molar-refractivity contribution in [2.45, 2.75) is 20.8 Å². The number of nitrogens with one attached hydrogen (secondary N) is 1. The molecule has 1 aliphatic heterocycles. The molecule has 3 aromatic rings. The lowest BCUT2D eigenvalue weighted by atomic mass is 10.1. The zero-order chi connectivity index (χ0) is 28.1. The predicted molar refractivity (Wildman–Crippen MR) is 153 cm³/mol. The van der Waals surface area contributed by atoms with Gasteiger partial charge in [-0.3, -0.25) is 14.9 Å². The first-order chi connectivity index (χ1) is 18.7. The molecular formula is C29H26BrClN2O6. The first-order valence-electron chi connectivity index (χ1n) is 12.1. The van der Waals surface area contributed by atoms with Crippen LogP contribution in [0, 0.1) is 13.8 Å². The van der Waals surface area contributed by atoms with E-state index in [-0.39, 0.29) is 23.8 Å². The molecule has 0 bridgehead atoms. The van der Waals surface area contributed by atoms with Crippen LogP contribution in [0.3, 0.4) is 0 Å². The highest BCUT2D eigenvalue weighted by Crippen LogP contribution is 2.37. The molecule has 8 nitrogen and oxygen atoms in total. The minimum Gasteiger partial charge on any atom is -0.490 e. The Bertz CT molecular complexity index is 1430. The number of halogens is 2. The number of barbiturate groups is 1. The molecule has 0 atom stereocenters. The topological polar surface area (TPSA) is 94.2 Å². The van der Waals surface area contributed by atoms with Crippen LogP contribution in [0.25, 0.3) is 6.08 Å². The van der Waals surface area contributed by atoms with Gasteiger partial charge in [0, 0.05) is 4.47 Å². The van der Waals surface area contributed by atoms with Crippen molar-refractivity contribution in [2.24, 2.45) is 0 Å². The fraction of sp³-hybridized carbons (Fsp3) is 0.207. The van der Waals surface area contributed by atoms with Gasteiger partial charge in [-0.25, -0.2) is 9.69 Å². The summed E-state index contributed by atoms with van der Waals surface area (Å²) in [7, 11) is 0. The summed E-state index contributed by atoms with van der Waals surface area (Å²) in [5.41, 5.74) is 2.72. The van der Waals surface area contributed by atoms with E-state index in [0.29, 0.717) is 29.4 Å². The molecule has 0 saturated carbocycles. The molecule has 202 valence electrons. The molecule has 1 heterocycles. The summed E-state index contributed by atoms with van der Waals surface area (Å²) in [6, 6.07) is 14.9. The molecular weight excluding hydrogens is 588 g/mol. The Morgan fingerprint density at radius 2 is 1.59 bits per heavy atom. The van der Waals surface area contributed by atoms with Crippen LogP contribution < -0.4 is 24.4 Å². The van der Waals surface area contributed by atoms with Gasteiger partial charge in [0.25, 0.3) is 11.8 Å². The summed E-state index contributed by atoms with van der Waals surface area (Å²) in [5.74, 6) is -0.163. The third kappa shape index (κ3) is 6.79. The molecule has 39 heavy (non-hydrogen) atoms. The normalized spacial score (nSPS) is 14.4. The second-order valence-corrected chi connectivity index (χ2v) is 10.0. The monoisotopic (exact) mass is 612 g/mol. The molecule has 0 unspecified atom stereocenters. The summed E-state index contributed by atoms with van der Waals surface area (Å²) in [6.07, 6.45) is 1.36. The Morgan fingerprint density at radius 1 is 0.923 bits per heavy atom. The maximum Gasteiger partial charge on any atom is 0.335 e. The van der Waals surface area contributed by atoms with Crippen LogP contribution in [-0.2, 0) is 9.59 Å². The number of carbonyl (C=O) groups is 3. The lowest BCUT2D eigenvalue weighted by Gasteiger charge is -2.26. The molecule has 4 amide bonds. The first kappa shape index (κ1) is 28.2. The predicted octanol–water partition coefficient (Wildman–Crippen LogP) is 6.24. The largest absolute Gasteiger partial charge is 0.490 e. The Kier molecular flexibility index (Phi) is 8.93. The molecule has 4 rings (SSSR count).